The van der Waals surface area contributed by atoms with Gasteiger partial charge in [0, 0.05) is 6.42 Å². The molecule has 1 aliphatic carbocycles. The average molecular weight is 536 g/mol. The maximum atomic E-state index is 13.8. The Hall–Kier alpha value is -1.88. The third-order valence-electron chi connectivity index (χ3n) is 4.65. The van der Waals surface area contributed by atoms with Crippen LogP contribution in [0.5, 0.6) is 0 Å². The molecule has 17 heteroatoms. The molecule has 0 aliphatic heterocycles. The molecule has 0 radical (unpaired) electrons. The summed E-state index contributed by atoms with van der Waals surface area (Å²) in [7, 11) is -6.56. The van der Waals surface area contributed by atoms with Gasteiger partial charge in [-0.05, 0) is 39.0 Å². The number of ether oxygens (including phenoxy) is 4. The largest absolute Gasteiger partial charge is 0.511 e. The zero-order valence-electron chi connectivity index (χ0n) is 17.7. The van der Waals surface area contributed by atoms with Crippen LogP contribution in [0.25, 0.3) is 0 Å². The van der Waals surface area contributed by atoms with E-state index in [9.17, 15) is 48.7 Å². The van der Waals surface area contributed by atoms with Crippen molar-refractivity contribution < 1.29 is 72.2 Å². The number of halogens is 7. The summed E-state index contributed by atoms with van der Waals surface area (Å²) in [5, 5.41) is -5.96. The molecule has 1 unspecified atom stereocenters. The molecule has 1 rings (SSSR count). The first kappa shape index (κ1) is 30.2. The number of rotatable bonds is 11. The molecule has 9 nitrogen and oxygen atoms in total. The Morgan fingerprint density at radius 1 is 1.00 bits per heavy atom. The molecule has 1 atom stereocenters. The maximum absolute atomic E-state index is 13.8. The fourth-order valence-electron chi connectivity index (χ4n) is 2.92. The Kier molecular flexibility index (Phi) is 9.97. The van der Waals surface area contributed by atoms with Gasteiger partial charge >= 0.3 is 45.4 Å². The van der Waals surface area contributed by atoms with Crippen LogP contribution in [0.3, 0.4) is 0 Å². The van der Waals surface area contributed by atoms with E-state index < -0.39 is 77.5 Å². The SMILES string of the molecule is CCOC(=O)C(OCCCC(F)(F)C(F)(F)S(=O)(=O)O)(OC(=O)OC1CCCCC1)C(F)(F)F. The number of esters is 1. The molecular weight excluding hydrogens is 513 g/mol. The molecule has 0 bridgehead atoms. The molecule has 200 valence electrons. The van der Waals surface area contributed by atoms with Crippen molar-refractivity contribution >= 4 is 22.2 Å². The lowest BCUT2D eigenvalue weighted by molar-refractivity contribution is -0.354. The fourth-order valence-corrected chi connectivity index (χ4v) is 3.40. The van der Waals surface area contributed by atoms with Gasteiger partial charge in [0.15, 0.2) is 0 Å². The Balaban J connectivity index is 3.02. The normalized spacial score (nSPS) is 18.1. The topological polar surface area (TPSA) is 125 Å². The summed E-state index contributed by atoms with van der Waals surface area (Å²) in [5.41, 5.74) is 0. The lowest BCUT2D eigenvalue weighted by Crippen LogP contribution is -2.58. The summed E-state index contributed by atoms with van der Waals surface area (Å²) in [4.78, 5) is 24.0. The smallest absolute Gasteiger partial charge is 0.461 e. The predicted octanol–water partition coefficient (Wildman–Crippen LogP) is 4.21. The van der Waals surface area contributed by atoms with E-state index in [4.69, 9.17) is 9.29 Å². The first-order valence-corrected chi connectivity index (χ1v) is 11.4. The highest BCUT2D eigenvalue weighted by atomic mass is 32.2. The summed E-state index contributed by atoms with van der Waals surface area (Å²) >= 11 is 0. The second kappa shape index (κ2) is 11.2. The van der Waals surface area contributed by atoms with Gasteiger partial charge in [-0.15, -0.1) is 0 Å². The predicted molar refractivity (Wildman–Crippen MR) is 96.5 cm³/mol. The minimum absolute atomic E-state index is 0.311. The van der Waals surface area contributed by atoms with Gasteiger partial charge in [0.2, 0.25) is 0 Å². The molecular formula is C17H23F7O9S. The molecule has 0 spiro atoms. The highest BCUT2D eigenvalue weighted by Crippen LogP contribution is 2.42. The van der Waals surface area contributed by atoms with E-state index in [0.29, 0.717) is 25.7 Å². The van der Waals surface area contributed by atoms with Crippen molar-refractivity contribution in [2.45, 2.75) is 81.1 Å². The van der Waals surface area contributed by atoms with Crippen LogP contribution < -0.4 is 0 Å². The standard InChI is InChI=1S/C17H23F7O9S/c1-2-30-12(25)15(16(20,21)22,33-13(26)32-11-7-4-3-5-8-11)31-10-6-9-14(18,19)17(23,24)34(27,28)29/h11H,2-10H2,1H3,(H,27,28,29). The van der Waals surface area contributed by atoms with Crippen LogP contribution in [0.4, 0.5) is 35.5 Å². The van der Waals surface area contributed by atoms with Gasteiger partial charge in [-0.2, -0.15) is 39.2 Å². The number of carbonyl (C=O) groups is 2. The highest BCUT2D eigenvalue weighted by Gasteiger charge is 2.69. The molecule has 34 heavy (non-hydrogen) atoms. The van der Waals surface area contributed by atoms with E-state index in [2.05, 4.69) is 14.2 Å². The van der Waals surface area contributed by atoms with Crippen molar-refractivity contribution in [2.24, 2.45) is 0 Å². The second-order valence-electron chi connectivity index (χ2n) is 7.21. The van der Waals surface area contributed by atoms with Crippen LogP contribution in [-0.4, -0.2) is 67.6 Å². The second-order valence-corrected chi connectivity index (χ2v) is 8.68. The van der Waals surface area contributed by atoms with Gasteiger partial charge in [0.1, 0.15) is 6.10 Å². The molecule has 0 aromatic carbocycles. The molecule has 0 aromatic rings. The van der Waals surface area contributed by atoms with E-state index >= 15 is 0 Å². The van der Waals surface area contributed by atoms with Crippen LogP contribution in [0.2, 0.25) is 0 Å². The Labute approximate surface area is 189 Å². The van der Waals surface area contributed by atoms with Crippen molar-refractivity contribution in [3.05, 3.63) is 0 Å². The highest BCUT2D eigenvalue weighted by molar-refractivity contribution is 7.87. The lowest BCUT2D eigenvalue weighted by atomic mass is 9.98. The molecule has 1 aliphatic rings. The maximum Gasteiger partial charge on any atom is 0.511 e. The lowest BCUT2D eigenvalue weighted by Gasteiger charge is -2.32. The van der Waals surface area contributed by atoms with Crippen molar-refractivity contribution in [3.63, 3.8) is 0 Å². The molecule has 1 saturated carbocycles. The summed E-state index contributed by atoms with van der Waals surface area (Å²) in [5.74, 6) is -12.2. The Bertz CT molecular complexity index is 811. The number of carbonyl (C=O) groups excluding carboxylic acids is 2. The summed E-state index contributed by atoms with van der Waals surface area (Å²) in [6.45, 7) is -1.11. The number of alkyl halides is 7. The third kappa shape index (κ3) is 7.07. The summed E-state index contributed by atoms with van der Waals surface area (Å²) in [6.07, 6.45) is -9.45. The van der Waals surface area contributed by atoms with Gasteiger partial charge in [-0.25, -0.2) is 9.59 Å². The Morgan fingerprint density at radius 3 is 2.03 bits per heavy atom. The van der Waals surface area contributed by atoms with Gasteiger partial charge in [-0.1, -0.05) is 6.42 Å². The molecule has 0 heterocycles. The van der Waals surface area contributed by atoms with E-state index in [1.165, 1.54) is 0 Å². The van der Waals surface area contributed by atoms with E-state index in [1.807, 2.05) is 0 Å². The summed E-state index contributed by atoms with van der Waals surface area (Å²) < 4.78 is 141. The van der Waals surface area contributed by atoms with Crippen LogP contribution in [0.1, 0.15) is 51.9 Å². The quantitative estimate of drug-likeness (QED) is 0.136. The van der Waals surface area contributed by atoms with Crippen LogP contribution in [0, 0.1) is 0 Å². The van der Waals surface area contributed by atoms with Crippen molar-refractivity contribution in [1.82, 2.24) is 0 Å². The van der Waals surface area contributed by atoms with Crippen LogP contribution >= 0.6 is 0 Å². The van der Waals surface area contributed by atoms with Crippen LogP contribution in [0.15, 0.2) is 0 Å². The van der Waals surface area contributed by atoms with Gasteiger partial charge in [0.05, 0.1) is 13.2 Å². The van der Waals surface area contributed by atoms with Crippen molar-refractivity contribution in [3.8, 4) is 0 Å². The number of hydrogen-bond acceptors (Lipinski definition) is 8. The zero-order valence-corrected chi connectivity index (χ0v) is 18.5. The average Bonchev–Trinajstić information content (AvgIpc) is 2.69. The van der Waals surface area contributed by atoms with Crippen LogP contribution in [-0.2, 0) is 33.9 Å². The van der Waals surface area contributed by atoms with Gasteiger partial charge in [-0.3, -0.25) is 4.55 Å². The third-order valence-corrected chi connectivity index (χ3v) is 5.60. The van der Waals surface area contributed by atoms with E-state index in [0.717, 1.165) is 13.3 Å². The Morgan fingerprint density at radius 2 is 1.56 bits per heavy atom. The van der Waals surface area contributed by atoms with Gasteiger partial charge in [0.25, 0.3) is 0 Å². The van der Waals surface area contributed by atoms with Crippen molar-refractivity contribution in [2.75, 3.05) is 13.2 Å². The molecule has 0 amide bonds. The molecule has 0 aromatic heterocycles. The number of hydrogen-bond donors (Lipinski definition) is 1. The van der Waals surface area contributed by atoms with E-state index in [1.54, 1.807) is 0 Å². The first-order valence-electron chi connectivity index (χ1n) is 9.91. The summed E-state index contributed by atoms with van der Waals surface area (Å²) in [6, 6.07) is 0. The van der Waals surface area contributed by atoms with Crippen molar-refractivity contribution in [1.29, 1.82) is 0 Å². The molecule has 1 N–H and O–H groups in total. The van der Waals surface area contributed by atoms with Gasteiger partial charge < -0.3 is 18.9 Å². The minimum Gasteiger partial charge on any atom is -0.461 e. The first-order chi connectivity index (χ1) is 15.4. The zero-order chi connectivity index (χ0) is 26.4. The monoisotopic (exact) mass is 536 g/mol. The molecule has 1 fully saturated rings. The fraction of sp³-hybridized carbons (Fsp3) is 0.882. The minimum atomic E-state index is -6.56. The van der Waals surface area contributed by atoms with E-state index in [-0.39, 0.29) is 0 Å². The molecule has 0 saturated heterocycles.